The van der Waals surface area contributed by atoms with Crippen molar-refractivity contribution in [2.75, 3.05) is 0 Å². The van der Waals surface area contributed by atoms with Gasteiger partial charge >= 0.3 is 0 Å². The Morgan fingerprint density at radius 1 is 1.15 bits per heavy atom. The SMILES string of the molecule is Cl.[O-]/C(C[n+]1ccccc1)=N\N=C\c1ccccc1Cl. The van der Waals surface area contributed by atoms with Crippen molar-refractivity contribution in [2.24, 2.45) is 10.2 Å². The molecule has 0 aliphatic rings. The zero-order valence-electron chi connectivity index (χ0n) is 10.5. The van der Waals surface area contributed by atoms with Gasteiger partial charge in [-0.05, 0) is 6.07 Å². The van der Waals surface area contributed by atoms with Crippen LogP contribution in [0.4, 0.5) is 0 Å². The minimum Gasteiger partial charge on any atom is -0.856 e. The lowest BCUT2D eigenvalue weighted by atomic mass is 10.2. The highest BCUT2D eigenvalue weighted by molar-refractivity contribution is 6.33. The van der Waals surface area contributed by atoms with Crippen LogP contribution in [-0.2, 0) is 6.54 Å². The molecule has 2 rings (SSSR count). The normalized spacial score (nSPS) is 11.3. The Morgan fingerprint density at radius 2 is 1.85 bits per heavy atom. The van der Waals surface area contributed by atoms with Crippen LogP contribution in [0.2, 0.25) is 5.02 Å². The van der Waals surface area contributed by atoms with Gasteiger partial charge in [-0.25, -0.2) is 4.57 Å². The van der Waals surface area contributed by atoms with Gasteiger partial charge in [0.25, 0.3) is 0 Å². The molecule has 20 heavy (non-hydrogen) atoms. The number of aromatic nitrogens is 1. The molecule has 1 heterocycles. The maximum Gasteiger partial charge on any atom is 0.178 e. The summed E-state index contributed by atoms with van der Waals surface area (Å²) in [5, 5.41) is 19.5. The summed E-state index contributed by atoms with van der Waals surface area (Å²) < 4.78 is 1.73. The number of rotatable bonds is 4. The maximum absolute atomic E-state index is 11.6. The third-order valence-corrected chi connectivity index (χ3v) is 2.71. The first-order valence-electron chi connectivity index (χ1n) is 5.71. The lowest BCUT2D eigenvalue weighted by molar-refractivity contribution is -0.687. The fourth-order valence-corrected chi connectivity index (χ4v) is 1.65. The second kappa shape index (κ2) is 8.30. The molecule has 0 aliphatic heterocycles. The summed E-state index contributed by atoms with van der Waals surface area (Å²) in [4.78, 5) is 0. The zero-order chi connectivity index (χ0) is 13.5. The average molecular weight is 310 g/mol. The first kappa shape index (κ1) is 16.1. The van der Waals surface area contributed by atoms with E-state index in [1.54, 1.807) is 29.1 Å². The quantitative estimate of drug-likeness (QED) is 0.368. The Balaban J connectivity index is 0.00000200. The van der Waals surface area contributed by atoms with Crippen molar-refractivity contribution < 1.29 is 9.67 Å². The van der Waals surface area contributed by atoms with Gasteiger partial charge in [0.1, 0.15) is 0 Å². The van der Waals surface area contributed by atoms with Gasteiger partial charge in [-0.15, -0.1) is 12.4 Å². The number of benzene rings is 1. The molecular formula is C14H13Cl2N3O. The average Bonchev–Trinajstić information content (AvgIpc) is 2.42. The lowest BCUT2D eigenvalue weighted by Crippen LogP contribution is -2.41. The molecule has 0 unspecified atom stereocenters. The Morgan fingerprint density at radius 3 is 2.55 bits per heavy atom. The van der Waals surface area contributed by atoms with Crippen LogP contribution in [0.1, 0.15) is 5.56 Å². The van der Waals surface area contributed by atoms with Gasteiger partial charge in [0, 0.05) is 22.7 Å². The molecule has 0 atom stereocenters. The molecule has 0 amide bonds. The third kappa shape index (κ3) is 4.99. The molecular weight excluding hydrogens is 297 g/mol. The second-order valence-corrected chi connectivity index (χ2v) is 4.21. The van der Waals surface area contributed by atoms with Gasteiger partial charge in [-0.2, -0.15) is 10.2 Å². The van der Waals surface area contributed by atoms with Gasteiger partial charge < -0.3 is 5.11 Å². The zero-order valence-corrected chi connectivity index (χ0v) is 12.1. The number of nitrogens with zero attached hydrogens (tertiary/aromatic N) is 3. The Hall–Kier alpha value is -1.91. The summed E-state index contributed by atoms with van der Waals surface area (Å²) in [6, 6.07) is 12.8. The van der Waals surface area contributed by atoms with Gasteiger partial charge in [0.05, 0.1) is 12.1 Å². The Bertz CT molecular complexity index is 600. The van der Waals surface area contributed by atoms with Crippen LogP contribution in [0.15, 0.2) is 65.1 Å². The topological polar surface area (TPSA) is 51.7 Å². The number of hydrogen-bond acceptors (Lipinski definition) is 3. The summed E-state index contributed by atoms with van der Waals surface area (Å²) >= 11 is 5.95. The number of halogens is 2. The van der Waals surface area contributed by atoms with Gasteiger partial charge in [-0.1, -0.05) is 35.9 Å². The van der Waals surface area contributed by atoms with E-state index >= 15 is 0 Å². The molecule has 6 heteroatoms. The van der Waals surface area contributed by atoms with E-state index in [-0.39, 0.29) is 24.8 Å². The van der Waals surface area contributed by atoms with Crippen molar-refractivity contribution in [1.29, 1.82) is 0 Å². The van der Waals surface area contributed by atoms with Crippen LogP contribution in [0, 0.1) is 0 Å². The van der Waals surface area contributed by atoms with E-state index in [2.05, 4.69) is 10.2 Å². The molecule has 1 aromatic heterocycles. The minimum atomic E-state index is -0.320. The molecule has 104 valence electrons. The highest BCUT2D eigenvalue weighted by atomic mass is 35.5. The second-order valence-electron chi connectivity index (χ2n) is 3.81. The van der Waals surface area contributed by atoms with Crippen molar-refractivity contribution in [3.8, 4) is 0 Å². The standard InChI is InChI=1S/C14H12ClN3O.ClH/c15-13-7-3-2-6-12(13)10-16-17-14(19)11-18-8-4-1-5-9-18;/h1-10H,11H2;1H/b16-10+;. The molecule has 0 spiro atoms. The Labute approximate surface area is 128 Å². The lowest BCUT2D eigenvalue weighted by Gasteiger charge is -2.03. The molecule has 1 aromatic carbocycles. The largest absolute Gasteiger partial charge is 0.856 e. The summed E-state index contributed by atoms with van der Waals surface area (Å²) in [5.74, 6) is -0.320. The van der Waals surface area contributed by atoms with E-state index in [1.165, 1.54) is 6.21 Å². The van der Waals surface area contributed by atoms with Crippen LogP contribution in [0.3, 0.4) is 0 Å². The van der Waals surface area contributed by atoms with Gasteiger partial charge in [0.2, 0.25) is 0 Å². The van der Waals surface area contributed by atoms with E-state index in [1.807, 2.05) is 30.3 Å². The van der Waals surface area contributed by atoms with Crippen molar-refractivity contribution in [3.05, 3.63) is 65.4 Å². The van der Waals surface area contributed by atoms with Crippen LogP contribution < -0.4 is 9.67 Å². The van der Waals surface area contributed by atoms with Crippen molar-refractivity contribution in [3.63, 3.8) is 0 Å². The summed E-state index contributed by atoms with van der Waals surface area (Å²) in [6.45, 7) is 0.167. The molecule has 0 bridgehead atoms. The monoisotopic (exact) mass is 309 g/mol. The summed E-state index contributed by atoms with van der Waals surface area (Å²) in [7, 11) is 0. The molecule has 0 N–H and O–H groups in total. The molecule has 4 nitrogen and oxygen atoms in total. The van der Waals surface area contributed by atoms with Crippen molar-refractivity contribution in [1.82, 2.24) is 0 Å². The minimum absolute atomic E-state index is 0. The summed E-state index contributed by atoms with van der Waals surface area (Å²) in [6.07, 6.45) is 5.06. The predicted octanol–water partition coefficient (Wildman–Crippen LogP) is 1.84. The highest BCUT2D eigenvalue weighted by Crippen LogP contribution is 2.12. The molecule has 2 aromatic rings. The van der Waals surface area contributed by atoms with Crippen molar-refractivity contribution >= 4 is 36.1 Å². The number of pyridine rings is 1. The molecule has 0 fully saturated rings. The van der Waals surface area contributed by atoms with E-state index in [0.717, 1.165) is 5.56 Å². The van der Waals surface area contributed by atoms with Gasteiger partial charge in [0.15, 0.2) is 18.9 Å². The third-order valence-electron chi connectivity index (χ3n) is 2.37. The van der Waals surface area contributed by atoms with Crippen LogP contribution >= 0.6 is 24.0 Å². The molecule has 0 saturated carbocycles. The van der Waals surface area contributed by atoms with E-state index in [0.29, 0.717) is 5.02 Å². The predicted molar refractivity (Wildman–Crippen MR) is 80.4 cm³/mol. The van der Waals surface area contributed by atoms with E-state index in [4.69, 9.17) is 11.6 Å². The van der Waals surface area contributed by atoms with Crippen molar-refractivity contribution in [2.45, 2.75) is 6.54 Å². The first-order valence-corrected chi connectivity index (χ1v) is 6.09. The fourth-order valence-electron chi connectivity index (χ4n) is 1.46. The molecule has 0 aliphatic carbocycles. The smallest absolute Gasteiger partial charge is 0.178 e. The fraction of sp³-hybridized carbons (Fsp3) is 0.0714. The van der Waals surface area contributed by atoms with Gasteiger partial charge in [-0.3, -0.25) is 0 Å². The summed E-state index contributed by atoms with van der Waals surface area (Å²) in [5.41, 5.74) is 0.730. The number of hydrogen-bond donors (Lipinski definition) is 0. The van der Waals surface area contributed by atoms with E-state index < -0.39 is 0 Å². The Kier molecular flexibility index (Phi) is 6.70. The first-order chi connectivity index (χ1) is 9.25. The van der Waals surface area contributed by atoms with E-state index in [9.17, 15) is 5.11 Å². The van der Waals surface area contributed by atoms with Crippen LogP contribution in [-0.4, -0.2) is 12.1 Å². The molecule has 0 radical (unpaired) electrons. The van der Waals surface area contributed by atoms with Crippen LogP contribution in [0.25, 0.3) is 0 Å². The van der Waals surface area contributed by atoms with Crippen LogP contribution in [0.5, 0.6) is 0 Å². The maximum atomic E-state index is 11.6. The highest BCUT2D eigenvalue weighted by Gasteiger charge is 1.96. The molecule has 0 saturated heterocycles.